The molecule has 3 fully saturated rings. The normalized spacial score (nSPS) is 39.8. The Morgan fingerprint density at radius 3 is 2.20 bits per heavy atom. The van der Waals surface area contributed by atoms with Crippen LogP contribution in [0.3, 0.4) is 0 Å². The minimum atomic E-state index is -1.18. The van der Waals surface area contributed by atoms with E-state index in [1.165, 1.54) is 31.2 Å². The van der Waals surface area contributed by atoms with Crippen LogP contribution in [0.25, 0.3) is 0 Å². The van der Waals surface area contributed by atoms with E-state index in [-0.39, 0.29) is 23.6 Å². The van der Waals surface area contributed by atoms with Crippen molar-refractivity contribution in [3.05, 3.63) is 69.0 Å². The van der Waals surface area contributed by atoms with Gasteiger partial charge in [-0.05, 0) is 111 Å². The lowest BCUT2D eigenvalue weighted by Crippen LogP contribution is -2.74. The summed E-state index contributed by atoms with van der Waals surface area (Å²) in [5.74, 6) is 2.64. The SMILES string of the molecule is CC[C@]12c3c4ccc(O)c3O[C@H]1c1[nH]c3c(c1C[C@@]2(O)C(NCC1CC1)C4)C[C@@]1(O)C2Cc4ccc(O)c5c4[C@@]1(CCN2CC1CC1)[C@H]3O5. The molecular weight excluding hydrogens is 618 g/mol. The van der Waals surface area contributed by atoms with Crippen molar-refractivity contribution < 1.29 is 29.9 Å². The molecule has 8 atom stereocenters. The summed E-state index contributed by atoms with van der Waals surface area (Å²) in [6.07, 6.45) is 7.64. The van der Waals surface area contributed by atoms with Gasteiger partial charge in [0, 0.05) is 42.6 Å². The third-order valence-electron chi connectivity index (χ3n) is 15.2. The lowest BCUT2D eigenvalue weighted by molar-refractivity contribution is -0.173. The fourth-order valence-electron chi connectivity index (χ4n) is 12.7. The maximum atomic E-state index is 13.5. The zero-order chi connectivity index (χ0) is 32.8. The van der Waals surface area contributed by atoms with E-state index in [2.05, 4.69) is 28.2 Å². The molecule has 2 unspecified atom stereocenters. The number of H-pyrrole nitrogens is 1. The zero-order valence-corrected chi connectivity index (χ0v) is 28.0. The number of rotatable bonds is 6. The average Bonchev–Trinajstić information content (AvgIpc) is 3.99. The Hall–Kier alpha value is -3.24. The third kappa shape index (κ3) is 3.09. The van der Waals surface area contributed by atoms with Crippen LogP contribution in [0.5, 0.6) is 23.0 Å². The number of aliphatic hydroxyl groups is 2. The van der Waals surface area contributed by atoms with Crippen molar-refractivity contribution in [1.82, 2.24) is 15.2 Å². The highest BCUT2D eigenvalue weighted by Gasteiger charge is 2.75. The number of fused-ring (bicyclic) bond motifs is 5. The van der Waals surface area contributed by atoms with E-state index in [9.17, 15) is 20.4 Å². The molecule has 2 saturated carbocycles. The lowest BCUT2D eigenvalue weighted by atomic mass is 9.48. The predicted octanol–water partition coefficient (Wildman–Crippen LogP) is 4.12. The van der Waals surface area contributed by atoms with Crippen LogP contribution >= 0.6 is 0 Å². The highest BCUT2D eigenvalue weighted by atomic mass is 16.5. The number of nitrogens with one attached hydrogen (secondary N) is 2. The summed E-state index contributed by atoms with van der Waals surface area (Å²) in [5.41, 5.74) is 4.50. The number of aromatic amines is 1. The van der Waals surface area contributed by atoms with Crippen molar-refractivity contribution >= 4 is 0 Å². The molecular formula is C40H45N3O6. The van der Waals surface area contributed by atoms with Gasteiger partial charge in [-0.3, -0.25) is 4.90 Å². The molecule has 1 spiro atoms. The van der Waals surface area contributed by atoms with Crippen LogP contribution in [0, 0.1) is 11.8 Å². The maximum Gasteiger partial charge on any atom is 0.166 e. The molecule has 6 aliphatic carbocycles. The second-order valence-corrected chi connectivity index (χ2v) is 17.3. The van der Waals surface area contributed by atoms with E-state index in [0.717, 1.165) is 71.7 Å². The second-order valence-electron chi connectivity index (χ2n) is 17.3. The van der Waals surface area contributed by atoms with Gasteiger partial charge in [0.2, 0.25) is 0 Å². The third-order valence-corrected chi connectivity index (χ3v) is 15.2. The van der Waals surface area contributed by atoms with Gasteiger partial charge in [0.1, 0.15) is 0 Å². The summed E-state index contributed by atoms with van der Waals surface area (Å²) >= 11 is 0. The van der Waals surface area contributed by atoms with Gasteiger partial charge in [0.25, 0.3) is 0 Å². The van der Waals surface area contributed by atoms with Crippen LogP contribution in [0.1, 0.15) is 102 Å². The Labute approximate surface area is 285 Å². The van der Waals surface area contributed by atoms with Crippen LogP contribution in [0.15, 0.2) is 24.3 Å². The van der Waals surface area contributed by atoms with Crippen LogP contribution in [-0.2, 0) is 36.5 Å². The highest BCUT2D eigenvalue weighted by molar-refractivity contribution is 5.68. The Kier molecular flexibility index (Phi) is 5.10. The Morgan fingerprint density at radius 1 is 0.837 bits per heavy atom. The van der Waals surface area contributed by atoms with Gasteiger partial charge in [0.15, 0.2) is 35.2 Å². The predicted molar refractivity (Wildman–Crippen MR) is 179 cm³/mol. The topological polar surface area (TPSA) is 130 Å². The molecule has 3 aromatic rings. The average molecular weight is 664 g/mol. The van der Waals surface area contributed by atoms with Crippen LogP contribution in [0.2, 0.25) is 0 Å². The number of aromatic hydroxyl groups is 2. The Morgan fingerprint density at radius 2 is 1.49 bits per heavy atom. The molecule has 256 valence electrons. The lowest BCUT2D eigenvalue weighted by Gasteiger charge is -2.63. The Bertz CT molecular complexity index is 1910. The van der Waals surface area contributed by atoms with E-state index in [0.29, 0.717) is 49.0 Å². The summed E-state index contributed by atoms with van der Waals surface area (Å²) in [6, 6.07) is 7.34. The molecule has 9 heteroatoms. The largest absolute Gasteiger partial charge is 0.504 e. The standard InChI is InChI=1S/C40H45N3O6/c1-2-37-29-21-7-9-25(44)33(29)48-35(37)31-23(15-39(37,46)27(13-21)41-17-19-3-4-19)24-16-40(47)28-14-22-8-10-26(45)34-30(22)38(40,36(49-34)32(24)42-31)11-12-43(28)18-20-5-6-20/h7-10,19-20,27-28,35-36,41-42,44-47H,2-6,11-18H2,1H3/t27?,28?,35-,36-,37-,38-,39+,40+/m0/s1. The van der Waals surface area contributed by atoms with E-state index in [1.807, 2.05) is 6.07 Å². The fraction of sp³-hybridized carbons (Fsp3) is 0.600. The van der Waals surface area contributed by atoms with Crippen LogP contribution in [-0.4, -0.2) is 73.2 Å². The zero-order valence-electron chi connectivity index (χ0n) is 28.0. The maximum absolute atomic E-state index is 13.5. The minimum absolute atomic E-state index is 0.0646. The molecule has 49 heavy (non-hydrogen) atoms. The molecule has 3 aliphatic heterocycles. The van der Waals surface area contributed by atoms with Gasteiger partial charge < -0.3 is 40.2 Å². The summed E-state index contributed by atoms with van der Waals surface area (Å²) in [6.45, 7) is 4.94. The summed E-state index contributed by atoms with van der Waals surface area (Å²) in [7, 11) is 0. The van der Waals surface area contributed by atoms with Gasteiger partial charge in [-0.25, -0.2) is 0 Å². The van der Waals surface area contributed by atoms with E-state index in [4.69, 9.17) is 9.47 Å². The number of benzene rings is 2. The quantitative estimate of drug-likeness (QED) is 0.233. The summed E-state index contributed by atoms with van der Waals surface area (Å²) in [4.78, 5) is 6.45. The molecule has 12 rings (SSSR count). The molecule has 4 heterocycles. The van der Waals surface area contributed by atoms with Crippen molar-refractivity contribution in [2.45, 2.75) is 117 Å². The smallest absolute Gasteiger partial charge is 0.166 e. The molecule has 2 bridgehead atoms. The van der Waals surface area contributed by atoms with Crippen molar-refractivity contribution in [2.24, 2.45) is 11.8 Å². The highest BCUT2D eigenvalue weighted by Crippen LogP contribution is 2.72. The first kappa shape index (κ1) is 28.5. The first-order valence-corrected chi connectivity index (χ1v) is 18.9. The monoisotopic (exact) mass is 663 g/mol. The van der Waals surface area contributed by atoms with Crippen molar-refractivity contribution in [3.8, 4) is 23.0 Å². The van der Waals surface area contributed by atoms with Gasteiger partial charge in [0.05, 0.1) is 33.4 Å². The molecule has 9 aliphatic rings. The fourth-order valence-corrected chi connectivity index (χ4v) is 12.7. The number of ether oxygens (including phenoxy) is 2. The van der Waals surface area contributed by atoms with Crippen molar-refractivity contribution in [3.63, 3.8) is 0 Å². The first-order valence-electron chi connectivity index (χ1n) is 18.9. The van der Waals surface area contributed by atoms with Crippen molar-refractivity contribution in [2.75, 3.05) is 19.6 Å². The number of piperidine rings is 1. The number of hydrogen-bond acceptors (Lipinski definition) is 8. The van der Waals surface area contributed by atoms with Crippen LogP contribution < -0.4 is 14.8 Å². The summed E-state index contributed by atoms with van der Waals surface area (Å²) in [5, 5.41) is 53.2. The van der Waals surface area contributed by atoms with E-state index >= 15 is 0 Å². The van der Waals surface area contributed by atoms with E-state index in [1.54, 1.807) is 12.1 Å². The van der Waals surface area contributed by atoms with Crippen LogP contribution in [0.4, 0.5) is 0 Å². The summed E-state index contributed by atoms with van der Waals surface area (Å²) < 4.78 is 13.8. The molecule has 1 aromatic heterocycles. The number of hydrogen-bond donors (Lipinski definition) is 6. The molecule has 0 radical (unpaired) electrons. The minimum Gasteiger partial charge on any atom is -0.504 e. The second kappa shape index (κ2) is 8.79. The molecule has 9 nitrogen and oxygen atoms in total. The van der Waals surface area contributed by atoms with Gasteiger partial charge >= 0.3 is 0 Å². The number of nitrogens with zero attached hydrogens (tertiary/aromatic N) is 1. The van der Waals surface area contributed by atoms with E-state index < -0.39 is 34.2 Å². The number of phenols is 2. The molecule has 0 amide bonds. The van der Waals surface area contributed by atoms with Gasteiger partial charge in [-0.15, -0.1) is 0 Å². The first-order chi connectivity index (χ1) is 23.7. The number of likely N-dealkylation sites (tertiary alicyclic amines) is 1. The van der Waals surface area contributed by atoms with Gasteiger partial charge in [-0.1, -0.05) is 19.1 Å². The Balaban J connectivity index is 1.07. The molecule has 6 N–H and O–H groups in total. The van der Waals surface area contributed by atoms with Crippen molar-refractivity contribution in [1.29, 1.82) is 0 Å². The number of phenolic OH excluding ortho intramolecular Hbond substituents is 2. The molecule has 2 aromatic carbocycles. The van der Waals surface area contributed by atoms with Gasteiger partial charge in [-0.2, -0.15) is 0 Å². The number of aromatic nitrogens is 1. The molecule has 1 saturated heterocycles.